The van der Waals surface area contributed by atoms with Crippen LogP contribution in [0, 0.1) is 10.1 Å². The Morgan fingerprint density at radius 3 is 2.48 bits per heavy atom. The molecule has 0 aliphatic carbocycles. The van der Waals surface area contributed by atoms with E-state index in [1.54, 1.807) is 49.5 Å². The number of amides is 1. The molecule has 160 valence electrons. The van der Waals surface area contributed by atoms with Crippen LogP contribution < -0.4 is 14.4 Å². The van der Waals surface area contributed by atoms with Gasteiger partial charge in [0.25, 0.3) is 11.6 Å². The zero-order valence-electron chi connectivity index (χ0n) is 16.9. The van der Waals surface area contributed by atoms with Gasteiger partial charge in [-0.3, -0.25) is 19.9 Å². The summed E-state index contributed by atoms with van der Waals surface area (Å²) in [5.74, 6) is -0.110. The van der Waals surface area contributed by atoms with Crippen molar-refractivity contribution in [1.82, 2.24) is 4.98 Å². The SMILES string of the molecule is CCOc1cc(C(=O)N(Cc2ccccn2)c2ccc(Br)cc2)c([N+](=O)[O-])cc1OC. The summed E-state index contributed by atoms with van der Waals surface area (Å²) >= 11 is 3.38. The quantitative estimate of drug-likeness (QED) is 0.328. The number of nitro groups is 1. The molecule has 31 heavy (non-hydrogen) atoms. The molecule has 3 aromatic rings. The number of hydrogen-bond donors (Lipinski definition) is 0. The number of rotatable bonds is 8. The molecule has 0 radical (unpaired) electrons. The Balaban J connectivity index is 2.12. The van der Waals surface area contributed by atoms with Crippen molar-refractivity contribution in [3.8, 4) is 11.5 Å². The highest BCUT2D eigenvalue weighted by Crippen LogP contribution is 2.36. The first-order valence-electron chi connectivity index (χ1n) is 9.41. The standard InChI is InChI=1S/C22H20BrN3O5/c1-3-31-21-12-18(19(26(28)29)13-20(21)30-2)22(27)25(14-16-6-4-5-11-24-16)17-9-7-15(23)8-10-17/h4-13H,3,14H2,1-2H3. The average Bonchev–Trinajstić information content (AvgIpc) is 2.78. The van der Waals surface area contributed by atoms with Gasteiger partial charge < -0.3 is 14.4 Å². The number of hydrogen-bond acceptors (Lipinski definition) is 6. The fraction of sp³-hybridized carbons (Fsp3) is 0.182. The maximum absolute atomic E-state index is 13.6. The number of ether oxygens (including phenoxy) is 2. The lowest BCUT2D eigenvalue weighted by atomic mass is 10.1. The van der Waals surface area contributed by atoms with E-state index in [1.165, 1.54) is 24.1 Å². The van der Waals surface area contributed by atoms with Crippen molar-refractivity contribution in [2.45, 2.75) is 13.5 Å². The van der Waals surface area contributed by atoms with Crippen LogP contribution >= 0.6 is 15.9 Å². The number of carbonyl (C=O) groups is 1. The number of carbonyl (C=O) groups excluding carboxylic acids is 1. The Morgan fingerprint density at radius 1 is 1.16 bits per heavy atom. The van der Waals surface area contributed by atoms with E-state index in [4.69, 9.17) is 9.47 Å². The van der Waals surface area contributed by atoms with Crippen molar-refractivity contribution in [2.24, 2.45) is 0 Å². The molecule has 0 fully saturated rings. The highest BCUT2D eigenvalue weighted by molar-refractivity contribution is 9.10. The van der Waals surface area contributed by atoms with Crippen molar-refractivity contribution < 1.29 is 19.2 Å². The summed E-state index contributed by atoms with van der Waals surface area (Å²) in [6.07, 6.45) is 1.63. The Hall–Kier alpha value is -3.46. The Morgan fingerprint density at radius 2 is 1.90 bits per heavy atom. The molecule has 8 nitrogen and oxygen atoms in total. The number of benzene rings is 2. The number of pyridine rings is 1. The first-order chi connectivity index (χ1) is 14.9. The number of halogens is 1. The molecule has 1 heterocycles. The van der Waals surface area contributed by atoms with E-state index >= 15 is 0 Å². The summed E-state index contributed by atoms with van der Waals surface area (Å²) in [6, 6.07) is 15.0. The summed E-state index contributed by atoms with van der Waals surface area (Å²) in [6.45, 7) is 2.22. The minimum absolute atomic E-state index is 0.104. The average molecular weight is 486 g/mol. The second-order valence-electron chi connectivity index (χ2n) is 6.40. The Kier molecular flexibility index (Phi) is 7.19. The molecule has 2 aromatic carbocycles. The third-order valence-corrected chi connectivity index (χ3v) is 4.97. The maximum atomic E-state index is 13.6. The molecule has 1 amide bonds. The van der Waals surface area contributed by atoms with Gasteiger partial charge in [0.2, 0.25) is 0 Å². The van der Waals surface area contributed by atoms with E-state index in [1.807, 2.05) is 6.07 Å². The van der Waals surface area contributed by atoms with Crippen LogP contribution in [0.25, 0.3) is 0 Å². The van der Waals surface area contributed by atoms with Crippen LogP contribution in [0.4, 0.5) is 11.4 Å². The normalized spacial score (nSPS) is 10.4. The molecule has 0 bridgehead atoms. The second-order valence-corrected chi connectivity index (χ2v) is 7.31. The number of nitro benzene ring substituents is 1. The van der Waals surface area contributed by atoms with Crippen LogP contribution in [0.2, 0.25) is 0 Å². The third-order valence-electron chi connectivity index (χ3n) is 4.44. The lowest BCUT2D eigenvalue weighted by Gasteiger charge is -2.23. The maximum Gasteiger partial charge on any atom is 0.286 e. The van der Waals surface area contributed by atoms with Crippen LogP contribution in [-0.4, -0.2) is 29.5 Å². The van der Waals surface area contributed by atoms with Gasteiger partial charge in [-0.15, -0.1) is 0 Å². The molecule has 3 rings (SSSR count). The number of aromatic nitrogens is 1. The first kappa shape index (κ1) is 22.2. The molecular weight excluding hydrogens is 466 g/mol. The molecule has 0 spiro atoms. The molecule has 0 aliphatic rings. The van der Waals surface area contributed by atoms with E-state index in [-0.39, 0.29) is 29.3 Å². The lowest BCUT2D eigenvalue weighted by molar-refractivity contribution is -0.385. The zero-order valence-corrected chi connectivity index (χ0v) is 18.5. The Labute approximate surface area is 187 Å². The van der Waals surface area contributed by atoms with Crippen LogP contribution in [0.1, 0.15) is 23.0 Å². The smallest absolute Gasteiger partial charge is 0.286 e. The molecule has 0 saturated heterocycles. The van der Waals surface area contributed by atoms with Crippen molar-refractivity contribution in [1.29, 1.82) is 0 Å². The second kappa shape index (κ2) is 10.0. The number of anilines is 1. The molecule has 1 aromatic heterocycles. The summed E-state index contributed by atoms with van der Waals surface area (Å²) in [4.78, 5) is 30.5. The van der Waals surface area contributed by atoms with E-state index in [2.05, 4.69) is 20.9 Å². The van der Waals surface area contributed by atoms with Crippen molar-refractivity contribution in [2.75, 3.05) is 18.6 Å². The fourth-order valence-electron chi connectivity index (χ4n) is 3.00. The fourth-order valence-corrected chi connectivity index (χ4v) is 3.26. The topological polar surface area (TPSA) is 94.8 Å². The van der Waals surface area contributed by atoms with Gasteiger partial charge in [0.05, 0.1) is 36.9 Å². The molecule has 0 atom stereocenters. The zero-order chi connectivity index (χ0) is 22.4. The van der Waals surface area contributed by atoms with Crippen LogP contribution in [0.3, 0.4) is 0 Å². The summed E-state index contributed by atoms with van der Waals surface area (Å²) in [5.41, 5.74) is 0.739. The summed E-state index contributed by atoms with van der Waals surface area (Å²) in [5, 5.41) is 11.7. The minimum Gasteiger partial charge on any atom is -0.493 e. The van der Waals surface area contributed by atoms with Gasteiger partial charge in [-0.1, -0.05) is 22.0 Å². The van der Waals surface area contributed by atoms with E-state index in [0.717, 1.165) is 4.47 Å². The highest BCUT2D eigenvalue weighted by Gasteiger charge is 2.29. The Bertz CT molecular complexity index is 1070. The number of nitrogens with zero attached hydrogens (tertiary/aromatic N) is 3. The molecule has 0 N–H and O–H groups in total. The first-order valence-corrected chi connectivity index (χ1v) is 10.2. The van der Waals surface area contributed by atoms with Gasteiger partial charge >= 0.3 is 0 Å². The van der Waals surface area contributed by atoms with Gasteiger partial charge in [0.1, 0.15) is 5.56 Å². The van der Waals surface area contributed by atoms with Crippen molar-refractivity contribution >= 4 is 33.2 Å². The lowest BCUT2D eigenvalue weighted by Crippen LogP contribution is -2.31. The van der Waals surface area contributed by atoms with Gasteiger partial charge in [-0.2, -0.15) is 0 Å². The molecule has 0 aliphatic heterocycles. The van der Waals surface area contributed by atoms with Crippen LogP contribution in [0.15, 0.2) is 65.3 Å². The third kappa shape index (κ3) is 5.18. The predicted molar refractivity (Wildman–Crippen MR) is 120 cm³/mol. The number of methoxy groups -OCH3 is 1. The van der Waals surface area contributed by atoms with E-state index in [0.29, 0.717) is 18.0 Å². The summed E-state index contributed by atoms with van der Waals surface area (Å²) < 4.78 is 11.6. The van der Waals surface area contributed by atoms with Gasteiger partial charge in [0, 0.05) is 22.4 Å². The molecule has 0 unspecified atom stereocenters. The predicted octanol–water partition coefficient (Wildman–Crippen LogP) is 5.01. The highest BCUT2D eigenvalue weighted by atomic mass is 79.9. The molecule has 9 heteroatoms. The largest absolute Gasteiger partial charge is 0.493 e. The van der Waals surface area contributed by atoms with Crippen LogP contribution in [0.5, 0.6) is 11.5 Å². The van der Waals surface area contributed by atoms with E-state index < -0.39 is 10.8 Å². The van der Waals surface area contributed by atoms with Gasteiger partial charge in [-0.05, 0) is 43.3 Å². The molecule has 0 saturated carbocycles. The van der Waals surface area contributed by atoms with Gasteiger partial charge in [0.15, 0.2) is 11.5 Å². The summed E-state index contributed by atoms with van der Waals surface area (Å²) in [7, 11) is 1.39. The monoisotopic (exact) mass is 485 g/mol. The van der Waals surface area contributed by atoms with E-state index in [9.17, 15) is 14.9 Å². The molecular formula is C22H20BrN3O5. The van der Waals surface area contributed by atoms with Crippen molar-refractivity contribution in [3.63, 3.8) is 0 Å². The van der Waals surface area contributed by atoms with Crippen LogP contribution in [-0.2, 0) is 6.54 Å². The minimum atomic E-state index is -0.605. The van der Waals surface area contributed by atoms with Gasteiger partial charge in [-0.25, -0.2) is 0 Å². The van der Waals surface area contributed by atoms with Crippen molar-refractivity contribution in [3.05, 3.63) is 86.6 Å².